The molecule has 3 nitrogen and oxygen atoms in total. The molecule has 0 aliphatic carbocycles. The minimum absolute atomic E-state index is 0.164. The van der Waals surface area contributed by atoms with E-state index in [0.717, 1.165) is 18.8 Å². The Kier molecular flexibility index (Phi) is 6.36. The van der Waals surface area contributed by atoms with Crippen LogP contribution in [0.15, 0.2) is 0 Å². The number of carboxylic acid groups (broad SMARTS) is 1. The Labute approximate surface area is 71.8 Å². The summed E-state index contributed by atoms with van der Waals surface area (Å²) in [4.78, 5) is 12.2. The lowest BCUT2D eigenvalue weighted by molar-refractivity contribution is -0.138. The monoisotopic (exact) mass is 177 g/mol. The highest BCUT2D eigenvalue weighted by atomic mass is 32.2. The predicted molar refractivity (Wildman–Crippen MR) is 48.1 cm³/mol. The Balaban J connectivity index is 3.49. The van der Waals surface area contributed by atoms with E-state index < -0.39 is 5.97 Å². The van der Waals surface area contributed by atoms with Gasteiger partial charge >= 0.3 is 5.97 Å². The highest BCUT2D eigenvalue weighted by Crippen LogP contribution is 1.94. The summed E-state index contributed by atoms with van der Waals surface area (Å²) in [6.07, 6.45) is 2.02. The Morgan fingerprint density at radius 1 is 1.64 bits per heavy atom. The number of nitrogens with zero attached hydrogens (tertiary/aromatic N) is 1. The van der Waals surface area contributed by atoms with Crippen LogP contribution in [0.4, 0.5) is 0 Å². The van der Waals surface area contributed by atoms with Crippen molar-refractivity contribution in [3.63, 3.8) is 0 Å². The standard InChI is InChI=1S/C7H15NO2S/c1-3-8(4-5-11-2)6-7(9)10/h3-6H2,1-2H3,(H,9,10). The van der Waals surface area contributed by atoms with Crippen molar-refractivity contribution in [2.75, 3.05) is 31.6 Å². The van der Waals surface area contributed by atoms with E-state index in [9.17, 15) is 4.79 Å². The van der Waals surface area contributed by atoms with Gasteiger partial charge < -0.3 is 5.11 Å². The van der Waals surface area contributed by atoms with Gasteiger partial charge in [0, 0.05) is 12.3 Å². The number of hydrogen-bond donors (Lipinski definition) is 1. The summed E-state index contributed by atoms with van der Waals surface area (Å²) in [5, 5.41) is 8.47. The first-order chi connectivity index (χ1) is 5.20. The van der Waals surface area contributed by atoms with Crippen LogP contribution in [0.3, 0.4) is 0 Å². The lowest BCUT2D eigenvalue weighted by atomic mass is 10.5. The second kappa shape index (κ2) is 6.49. The molecule has 0 aliphatic heterocycles. The minimum Gasteiger partial charge on any atom is -0.480 e. The normalized spacial score (nSPS) is 10.5. The van der Waals surface area contributed by atoms with Crippen LogP contribution in [0.2, 0.25) is 0 Å². The maximum atomic E-state index is 10.3. The van der Waals surface area contributed by atoms with Crippen LogP contribution in [0.25, 0.3) is 0 Å². The van der Waals surface area contributed by atoms with Gasteiger partial charge in [-0.15, -0.1) is 0 Å². The van der Waals surface area contributed by atoms with Gasteiger partial charge in [0.25, 0.3) is 0 Å². The topological polar surface area (TPSA) is 40.5 Å². The molecule has 0 rings (SSSR count). The van der Waals surface area contributed by atoms with Crippen LogP contribution in [-0.2, 0) is 4.79 Å². The number of carbonyl (C=O) groups is 1. The molecule has 0 unspecified atom stereocenters. The lowest BCUT2D eigenvalue weighted by Crippen LogP contribution is -2.31. The summed E-state index contributed by atoms with van der Waals surface area (Å²) >= 11 is 1.74. The van der Waals surface area contributed by atoms with Gasteiger partial charge in [0.05, 0.1) is 6.54 Å². The maximum absolute atomic E-state index is 10.3. The first kappa shape index (κ1) is 10.8. The van der Waals surface area contributed by atoms with Crippen molar-refractivity contribution in [2.45, 2.75) is 6.92 Å². The van der Waals surface area contributed by atoms with Gasteiger partial charge in [-0.3, -0.25) is 9.69 Å². The molecule has 0 saturated carbocycles. The van der Waals surface area contributed by atoms with Gasteiger partial charge in [-0.2, -0.15) is 11.8 Å². The van der Waals surface area contributed by atoms with E-state index in [-0.39, 0.29) is 6.54 Å². The van der Waals surface area contributed by atoms with Crippen LogP contribution < -0.4 is 0 Å². The summed E-state index contributed by atoms with van der Waals surface area (Å²) in [6, 6.07) is 0. The highest BCUT2D eigenvalue weighted by Gasteiger charge is 2.05. The zero-order chi connectivity index (χ0) is 8.69. The summed E-state index contributed by atoms with van der Waals surface area (Å²) in [6.45, 7) is 3.82. The molecule has 0 aliphatic rings. The highest BCUT2D eigenvalue weighted by molar-refractivity contribution is 7.98. The van der Waals surface area contributed by atoms with Crippen LogP contribution in [0.1, 0.15) is 6.92 Å². The number of likely N-dealkylation sites (N-methyl/N-ethyl adjacent to an activating group) is 1. The molecule has 0 heterocycles. The third-order valence-electron chi connectivity index (χ3n) is 1.42. The number of hydrogen-bond acceptors (Lipinski definition) is 3. The summed E-state index contributed by atoms with van der Waals surface area (Å²) in [5.74, 6) is 0.258. The Morgan fingerprint density at radius 2 is 2.27 bits per heavy atom. The first-order valence-electron chi connectivity index (χ1n) is 3.63. The average molecular weight is 177 g/mol. The average Bonchev–Trinajstić information content (AvgIpc) is 1.97. The summed E-state index contributed by atoms with van der Waals surface area (Å²) < 4.78 is 0. The van der Waals surface area contributed by atoms with E-state index in [1.165, 1.54) is 0 Å². The second-order valence-electron chi connectivity index (χ2n) is 2.26. The maximum Gasteiger partial charge on any atom is 0.317 e. The molecule has 0 aromatic heterocycles. The molecule has 11 heavy (non-hydrogen) atoms. The van der Waals surface area contributed by atoms with E-state index in [4.69, 9.17) is 5.11 Å². The molecule has 0 aromatic carbocycles. The Bertz CT molecular complexity index is 119. The number of thioether (sulfide) groups is 1. The van der Waals surface area contributed by atoms with Crippen LogP contribution in [-0.4, -0.2) is 47.6 Å². The molecule has 66 valence electrons. The molecular weight excluding hydrogens is 162 g/mol. The zero-order valence-electron chi connectivity index (χ0n) is 7.04. The molecule has 0 amide bonds. The zero-order valence-corrected chi connectivity index (χ0v) is 7.86. The molecule has 4 heteroatoms. The second-order valence-corrected chi connectivity index (χ2v) is 3.24. The molecule has 0 spiro atoms. The van der Waals surface area contributed by atoms with E-state index in [2.05, 4.69) is 0 Å². The number of rotatable bonds is 6. The van der Waals surface area contributed by atoms with Gasteiger partial charge in [0.15, 0.2) is 0 Å². The molecule has 0 fully saturated rings. The van der Waals surface area contributed by atoms with Crippen molar-refractivity contribution < 1.29 is 9.90 Å². The van der Waals surface area contributed by atoms with Crippen LogP contribution in [0.5, 0.6) is 0 Å². The quantitative estimate of drug-likeness (QED) is 0.650. The fourth-order valence-electron chi connectivity index (χ4n) is 0.761. The van der Waals surface area contributed by atoms with Crippen molar-refractivity contribution in [1.82, 2.24) is 4.90 Å². The number of aliphatic carboxylic acids is 1. The third-order valence-corrected chi connectivity index (χ3v) is 2.01. The van der Waals surface area contributed by atoms with Gasteiger partial charge in [0.1, 0.15) is 0 Å². The van der Waals surface area contributed by atoms with Gasteiger partial charge in [-0.05, 0) is 12.8 Å². The number of carboxylic acids is 1. The lowest BCUT2D eigenvalue weighted by Gasteiger charge is -2.16. The van der Waals surface area contributed by atoms with E-state index in [0.29, 0.717) is 0 Å². The fourth-order valence-corrected chi connectivity index (χ4v) is 1.20. The van der Waals surface area contributed by atoms with Crippen molar-refractivity contribution in [1.29, 1.82) is 0 Å². The largest absolute Gasteiger partial charge is 0.480 e. The van der Waals surface area contributed by atoms with Crippen molar-refractivity contribution in [3.8, 4) is 0 Å². The third kappa shape index (κ3) is 6.19. The Morgan fingerprint density at radius 3 is 2.64 bits per heavy atom. The minimum atomic E-state index is -0.743. The Hall–Kier alpha value is -0.220. The fraction of sp³-hybridized carbons (Fsp3) is 0.857. The molecule has 0 radical (unpaired) electrons. The first-order valence-corrected chi connectivity index (χ1v) is 5.03. The van der Waals surface area contributed by atoms with Gasteiger partial charge in [0.2, 0.25) is 0 Å². The molecule has 1 N–H and O–H groups in total. The molecule has 0 saturated heterocycles. The van der Waals surface area contributed by atoms with Gasteiger partial charge in [-0.25, -0.2) is 0 Å². The smallest absolute Gasteiger partial charge is 0.317 e. The van der Waals surface area contributed by atoms with Crippen molar-refractivity contribution >= 4 is 17.7 Å². The molecule has 0 bridgehead atoms. The van der Waals surface area contributed by atoms with E-state index in [1.807, 2.05) is 18.1 Å². The molecule has 0 aromatic rings. The predicted octanol–water partition coefficient (Wildman–Crippen LogP) is 0.756. The van der Waals surface area contributed by atoms with Crippen LogP contribution in [0, 0.1) is 0 Å². The molecular formula is C7H15NO2S. The summed E-state index contributed by atoms with van der Waals surface area (Å²) in [5.41, 5.74) is 0. The van der Waals surface area contributed by atoms with Crippen molar-refractivity contribution in [2.24, 2.45) is 0 Å². The SMILES string of the molecule is CCN(CCSC)CC(=O)O. The summed E-state index contributed by atoms with van der Waals surface area (Å²) in [7, 11) is 0. The molecule has 0 atom stereocenters. The van der Waals surface area contributed by atoms with E-state index >= 15 is 0 Å². The van der Waals surface area contributed by atoms with Crippen molar-refractivity contribution in [3.05, 3.63) is 0 Å². The van der Waals surface area contributed by atoms with Crippen LogP contribution >= 0.6 is 11.8 Å². The van der Waals surface area contributed by atoms with Gasteiger partial charge in [-0.1, -0.05) is 6.92 Å². The van der Waals surface area contributed by atoms with E-state index in [1.54, 1.807) is 11.8 Å².